The molecule has 0 atom stereocenters. The molecule has 0 saturated carbocycles. The Morgan fingerprint density at radius 1 is 1.03 bits per heavy atom. The molecule has 0 spiro atoms. The molecule has 0 fully saturated rings. The Kier molecular flexibility index (Phi) is 8.52. The molecule has 1 amide bonds. The van der Waals surface area contributed by atoms with E-state index in [2.05, 4.69) is 41.6 Å². The number of para-hydroxylation sites is 1. The van der Waals surface area contributed by atoms with Crippen molar-refractivity contribution in [3.8, 4) is 5.75 Å². The first-order chi connectivity index (χ1) is 13.9. The van der Waals surface area contributed by atoms with Crippen LogP contribution in [0, 0.1) is 13.8 Å². The van der Waals surface area contributed by atoms with Gasteiger partial charge in [-0.05, 0) is 49.6 Å². The number of guanidine groups is 1. The van der Waals surface area contributed by atoms with Crippen molar-refractivity contribution in [1.29, 1.82) is 0 Å². The van der Waals surface area contributed by atoms with Gasteiger partial charge in [0, 0.05) is 26.2 Å². The number of aliphatic imine (C=N–C) groups is 1. The second kappa shape index (κ2) is 11.1. The summed E-state index contributed by atoms with van der Waals surface area (Å²) in [7, 11) is 3.50. The van der Waals surface area contributed by atoms with Gasteiger partial charge in [0.2, 0.25) is 0 Å². The summed E-state index contributed by atoms with van der Waals surface area (Å²) in [4.78, 5) is 18.2. The number of rotatable bonds is 8. The van der Waals surface area contributed by atoms with Crippen LogP contribution in [0.5, 0.6) is 5.75 Å². The van der Waals surface area contributed by atoms with E-state index in [0.717, 1.165) is 34.9 Å². The number of nitrogens with one attached hydrogen (secondary N) is 2. The Bertz CT molecular complexity index is 809. The maximum Gasteiger partial charge on any atom is 0.253 e. The Hall–Kier alpha value is -3.02. The highest BCUT2D eigenvalue weighted by Crippen LogP contribution is 2.21. The van der Waals surface area contributed by atoms with Gasteiger partial charge in [-0.2, -0.15) is 0 Å². The van der Waals surface area contributed by atoms with Gasteiger partial charge >= 0.3 is 0 Å². The van der Waals surface area contributed by atoms with E-state index in [0.29, 0.717) is 25.3 Å². The van der Waals surface area contributed by atoms with Crippen molar-refractivity contribution in [2.75, 3.05) is 33.8 Å². The number of hydrogen-bond donors (Lipinski definition) is 2. The van der Waals surface area contributed by atoms with Crippen LogP contribution in [0.2, 0.25) is 0 Å². The highest BCUT2D eigenvalue weighted by molar-refractivity contribution is 5.93. The van der Waals surface area contributed by atoms with E-state index in [1.807, 2.05) is 37.3 Å². The topological polar surface area (TPSA) is 66.0 Å². The lowest BCUT2D eigenvalue weighted by atomic mass is 10.1. The van der Waals surface area contributed by atoms with E-state index in [-0.39, 0.29) is 5.91 Å². The zero-order valence-corrected chi connectivity index (χ0v) is 18.1. The van der Waals surface area contributed by atoms with E-state index in [1.54, 1.807) is 19.0 Å². The molecule has 29 heavy (non-hydrogen) atoms. The molecule has 0 aliphatic rings. The zero-order chi connectivity index (χ0) is 21.2. The minimum absolute atomic E-state index is 0.000976. The smallest absolute Gasteiger partial charge is 0.253 e. The van der Waals surface area contributed by atoms with Gasteiger partial charge < -0.3 is 20.3 Å². The van der Waals surface area contributed by atoms with Crippen molar-refractivity contribution in [2.24, 2.45) is 4.99 Å². The number of nitrogens with zero attached hydrogens (tertiary/aromatic N) is 2. The number of carbonyl (C=O) groups is 1. The number of carbonyl (C=O) groups excluding carboxylic acids is 1. The fourth-order valence-electron chi connectivity index (χ4n) is 2.87. The van der Waals surface area contributed by atoms with E-state index in [1.165, 1.54) is 0 Å². The third-order valence-electron chi connectivity index (χ3n) is 4.42. The highest BCUT2D eigenvalue weighted by Gasteiger charge is 2.07. The molecule has 6 nitrogen and oxygen atoms in total. The van der Waals surface area contributed by atoms with Crippen LogP contribution in [0.4, 0.5) is 0 Å². The van der Waals surface area contributed by atoms with Gasteiger partial charge in [-0.1, -0.05) is 30.3 Å². The molecule has 2 N–H and O–H groups in total. The molecule has 0 saturated heterocycles. The van der Waals surface area contributed by atoms with Gasteiger partial charge in [-0.25, -0.2) is 4.99 Å². The zero-order valence-electron chi connectivity index (χ0n) is 18.1. The minimum atomic E-state index is -0.000976. The van der Waals surface area contributed by atoms with Crippen molar-refractivity contribution in [3.63, 3.8) is 0 Å². The first-order valence-electron chi connectivity index (χ1n) is 9.94. The molecule has 6 heteroatoms. The lowest BCUT2D eigenvalue weighted by molar-refractivity contribution is 0.0827. The third-order valence-corrected chi connectivity index (χ3v) is 4.42. The van der Waals surface area contributed by atoms with Gasteiger partial charge in [0.25, 0.3) is 5.91 Å². The van der Waals surface area contributed by atoms with Crippen LogP contribution in [0.15, 0.2) is 47.5 Å². The molecule has 2 aromatic carbocycles. The van der Waals surface area contributed by atoms with Crippen molar-refractivity contribution in [3.05, 3.63) is 64.7 Å². The Labute approximate surface area is 174 Å². The molecular weight excluding hydrogens is 364 g/mol. The Morgan fingerprint density at radius 2 is 1.69 bits per heavy atom. The first kappa shape index (κ1) is 22.3. The van der Waals surface area contributed by atoms with Crippen LogP contribution >= 0.6 is 0 Å². The number of amides is 1. The fourth-order valence-corrected chi connectivity index (χ4v) is 2.87. The summed E-state index contributed by atoms with van der Waals surface area (Å²) < 4.78 is 5.93. The van der Waals surface area contributed by atoms with Crippen LogP contribution in [-0.2, 0) is 6.54 Å². The molecule has 2 aromatic rings. The number of ether oxygens (including phenoxy) is 1. The molecule has 0 bridgehead atoms. The molecular formula is C23H32N4O2. The van der Waals surface area contributed by atoms with Crippen LogP contribution in [0.3, 0.4) is 0 Å². The second-order valence-electron chi connectivity index (χ2n) is 7.09. The molecule has 0 unspecified atom stereocenters. The van der Waals surface area contributed by atoms with Crippen LogP contribution < -0.4 is 15.4 Å². The largest absolute Gasteiger partial charge is 0.491 e. The van der Waals surface area contributed by atoms with E-state index >= 15 is 0 Å². The highest BCUT2D eigenvalue weighted by atomic mass is 16.5. The lowest BCUT2D eigenvalue weighted by Gasteiger charge is -2.14. The van der Waals surface area contributed by atoms with Crippen molar-refractivity contribution in [1.82, 2.24) is 15.5 Å². The third kappa shape index (κ3) is 6.82. The average molecular weight is 397 g/mol. The summed E-state index contributed by atoms with van der Waals surface area (Å²) >= 11 is 0. The van der Waals surface area contributed by atoms with Gasteiger partial charge in [0.1, 0.15) is 12.4 Å². The van der Waals surface area contributed by atoms with Crippen LogP contribution in [-0.4, -0.2) is 50.6 Å². The normalized spacial score (nSPS) is 11.1. The predicted molar refractivity (Wildman–Crippen MR) is 119 cm³/mol. The summed E-state index contributed by atoms with van der Waals surface area (Å²) in [6.45, 7) is 8.65. The van der Waals surface area contributed by atoms with Gasteiger partial charge in [-0.3, -0.25) is 4.79 Å². The maximum atomic E-state index is 12.0. The quantitative estimate of drug-likeness (QED) is 0.409. The standard InChI is InChI=1S/C23H32N4O2/c1-6-24-23(25-14-15-29-21-17(2)8-7-9-18(21)3)26-16-19-10-12-20(13-11-19)22(28)27(4)5/h7-13H,6,14-16H2,1-5H3,(H2,24,25,26). The van der Waals surface area contributed by atoms with Crippen molar-refractivity contribution in [2.45, 2.75) is 27.3 Å². The van der Waals surface area contributed by atoms with Gasteiger partial charge in [0.15, 0.2) is 5.96 Å². The number of aryl methyl sites for hydroxylation is 2. The fraction of sp³-hybridized carbons (Fsp3) is 0.391. The SMILES string of the molecule is CCNC(=NCc1ccc(C(=O)N(C)C)cc1)NCCOc1c(C)cccc1C. The summed E-state index contributed by atoms with van der Waals surface area (Å²) in [6.07, 6.45) is 0. The molecule has 0 radical (unpaired) electrons. The van der Waals surface area contributed by atoms with E-state index < -0.39 is 0 Å². The second-order valence-corrected chi connectivity index (χ2v) is 7.09. The van der Waals surface area contributed by atoms with E-state index in [4.69, 9.17) is 4.74 Å². The number of benzene rings is 2. The molecule has 156 valence electrons. The Morgan fingerprint density at radius 3 is 2.28 bits per heavy atom. The Balaban J connectivity index is 1.88. The van der Waals surface area contributed by atoms with Gasteiger partial charge in [0.05, 0.1) is 13.1 Å². The molecule has 0 aliphatic heterocycles. The van der Waals surface area contributed by atoms with Crippen LogP contribution in [0.25, 0.3) is 0 Å². The molecule has 0 aromatic heterocycles. The number of hydrogen-bond acceptors (Lipinski definition) is 3. The maximum absolute atomic E-state index is 12.0. The van der Waals surface area contributed by atoms with Gasteiger partial charge in [-0.15, -0.1) is 0 Å². The van der Waals surface area contributed by atoms with Crippen molar-refractivity contribution >= 4 is 11.9 Å². The first-order valence-corrected chi connectivity index (χ1v) is 9.94. The summed E-state index contributed by atoms with van der Waals surface area (Å²) in [5.41, 5.74) is 4.00. The molecule has 0 heterocycles. The average Bonchev–Trinajstić information content (AvgIpc) is 2.70. The van der Waals surface area contributed by atoms with Crippen LogP contribution in [0.1, 0.15) is 34.0 Å². The monoisotopic (exact) mass is 396 g/mol. The summed E-state index contributed by atoms with van der Waals surface area (Å²) in [5.74, 6) is 1.69. The predicted octanol–water partition coefficient (Wildman–Crippen LogP) is 3.14. The van der Waals surface area contributed by atoms with Crippen molar-refractivity contribution < 1.29 is 9.53 Å². The minimum Gasteiger partial charge on any atom is -0.491 e. The molecule has 2 rings (SSSR count). The van der Waals surface area contributed by atoms with E-state index in [9.17, 15) is 4.79 Å². The summed E-state index contributed by atoms with van der Waals surface area (Å²) in [6, 6.07) is 13.7. The lowest BCUT2D eigenvalue weighted by Crippen LogP contribution is -2.39. The molecule has 0 aliphatic carbocycles. The summed E-state index contributed by atoms with van der Waals surface area (Å²) in [5, 5.41) is 6.54.